The molecule has 0 aromatic carbocycles. The van der Waals surface area contributed by atoms with E-state index in [0.717, 1.165) is 18.9 Å². The van der Waals surface area contributed by atoms with E-state index >= 15 is 0 Å². The highest BCUT2D eigenvalue weighted by Crippen LogP contribution is 2.21. The molecule has 0 bridgehead atoms. The lowest BCUT2D eigenvalue weighted by Crippen LogP contribution is -2.33. The van der Waals surface area contributed by atoms with E-state index in [4.69, 9.17) is 5.11 Å². The topological polar surface area (TPSA) is 77.8 Å². The summed E-state index contributed by atoms with van der Waals surface area (Å²) >= 11 is 0. The van der Waals surface area contributed by atoms with Crippen LogP contribution in [0.25, 0.3) is 0 Å². The molecule has 3 N–H and O–H groups in total. The lowest BCUT2D eigenvalue weighted by molar-refractivity contribution is -0.131. The molecule has 0 saturated heterocycles. The molecule has 0 aromatic heterocycles. The van der Waals surface area contributed by atoms with Crippen molar-refractivity contribution in [2.24, 2.45) is 11.8 Å². The van der Waals surface area contributed by atoms with Crippen molar-refractivity contribution >= 4 is 5.97 Å². The molecule has 0 amide bonds. The van der Waals surface area contributed by atoms with Gasteiger partial charge in [-0.2, -0.15) is 0 Å². The molecule has 4 heteroatoms. The fourth-order valence-corrected chi connectivity index (χ4v) is 2.02. The minimum absolute atomic E-state index is 0.172. The smallest absolute Gasteiger partial charge is 0.328 e. The summed E-state index contributed by atoms with van der Waals surface area (Å²) in [5.41, 5.74) is 0. The number of allylic oxidation sites excluding steroid dienone is 2. The summed E-state index contributed by atoms with van der Waals surface area (Å²) in [4.78, 5) is 10.2. The molecule has 0 fully saturated rings. The number of carboxylic acid groups (broad SMARTS) is 1. The van der Waals surface area contributed by atoms with Gasteiger partial charge >= 0.3 is 5.97 Å². The van der Waals surface area contributed by atoms with Gasteiger partial charge in [-0.15, -0.1) is 0 Å². The molecular formula is C15H26O4. The molecule has 110 valence electrons. The quantitative estimate of drug-likeness (QED) is 0.444. The molecule has 0 radical (unpaired) electrons. The van der Waals surface area contributed by atoms with Crippen LogP contribution in [0.15, 0.2) is 24.3 Å². The first-order chi connectivity index (χ1) is 8.90. The number of rotatable bonds is 9. The van der Waals surface area contributed by atoms with Crippen molar-refractivity contribution in [2.45, 2.75) is 52.2 Å². The Morgan fingerprint density at radius 1 is 1.21 bits per heavy atom. The standard InChI is InChI=1S/C15H26O4/c1-4-8-11(2)15(19)12(3)13(16)9-6-5-7-10-14(17)18/h5-7,10-13,15-16,19H,4,8-9H2,1-3H3,(H,17,18). The number of aliphatic carboxylic acids is 1. The molecule has 19 heavy (non-hydrogen) atoms. The van der Waals surface area contributed by atoms with E-state index in [1.807, 2.05) is 13.8 Å². The Kier molecular flexibility index (Phi) is 9.17. The van der Waals surface area contributed by atoms with Crippen LogP contribution in [0.1, 0.15) is 40.0 Å². The van der Waals surface area contributed by atoms with Crippen molar-refractivity contribution in [1.29, 1.82) is 0 Å². The van der Waals surface area contributed by atoms with Gasteiger partial charge in [0.2, 0.25) is 0 Å². The highest BCUT2D eigenvalue weighted by molar-refractivity contribution is 5.80. The number of aliphatic hydroxyl groups excluding tert-OH is 2. The monoisotopic (exact) mass is 270 g/mol. The van der Waals surface area contributed by atoms with Crippen molar-refractivity contribution in [2.75, 3.05) is 0 Å². The molecule has 0 aliphatic carbocycles. The van der Waals surface area contributed by atoms with E-state index in [2.05, 4.69) is 6.92 Å². The molecule has 0 heterocycles. The average molecular weight is 270 g/mol. The molecule has 0 aliphatic heterocycles. The van der Waals surface area contributed by atoms with Crippen molar-refractivity contribution in [3.63, 3.8) is 0 Å². The summed E-state index contributed by atoms with van der Waals surface area (Å²) in [5.74, 6) is -1.03. The summed E-state index contributed by atoms with van der Waals surface area (Å²) in [7, 11) is 0. The van der Waals surface area contributed by atoms with Gasteiger partial charge in [-0.1, -0.05) is 45.4 Å². The Labute approximate surface area is 115 Å². The van der Waals surface area contributed by atoms with Crippen LogP contribution in [0, 0.1) is 11.8 Å². The van der Waals surface area contributed by atoms with Gasteiger partial charge in [0.25, 0.3) is 0 Å². The van der Waals surface area contributed by atoms with Crippen LogP contribution in [0.5, 0.6) is 0 Å². The average Bonchev–Trinajstić information content (AvgIpc) is 2.36. The zero-order valence-electron chi connectivity index (χ0n) is 12.0. The SMILES string of the molecule is CCCC(C)C(O)C(C)C(O)CC=CC=CC(=O)O. The van der Waals surface area contributed by atoms with Crippen LogP contribution in [-0.2, 0) is 4.79 Å². The van der Waals surface area contributed by atoms with Crippen LogP contribution in [0.4, 0.5) is 0 Å². The number of carboxylic acids is 1. The van der Waals surface area contributed by atoms with Crippen molar-refractivity contribution in [3.05, 3.63) is 24.3 Å². The molecular weight excluding hydrogens is 244 g/mol. The Bertz CT molecular complexity index is 309. The van der Waals surface area contributed by atoms with Gasteiger partial charge in [-0.3, -0.25) is 0 Å². The van der Waals surface area contributed by atoms with Gasteiger partial charge in [0.1, 0.15) is 0 Å². The van der Waals surface area contributed by atoms with Gasteiger partial charge in [0.05, 0.1) is 12.2 Å². The highest BCUT2D eigenvalue weighted by Gasteiger charge is 2.25. The maximum absolute atomic E-state index is 10.2. The lowest BCUT2D eigenvalue weighted by atomic mass is 9.86. The molecule has 4 atom stereocenters. The highest BCUT2D eigenvalue weighted by atomic mass is 16.4. The number of hydrogen-bond donors (Lipinski definition) is 3. The van der Waals surface area contributed by atoms with Crippen LogP contribution in [0.3, 0.4) is 0 Å². The van der Waals surface area contributed by atoms with Crippen molar-refractivity contribution < 1.29 is 20.1 Å². The van der Waals surface area contributed by atoms with E-state index < -0.39 is 18.2 Å². The summed E-state index contributed by atoms with van der Waals surface area (Å²) in [5, 5.41) is 28.4. The number of carbonyl (C=O) groups is 1. The summed E-state index contributed by atoms with van der Waals surface area (Å²) in [6.07, 6.45) is 6.96. The Morgan fingerprint density at radius 3 is 2.37 bits per heavy atom. The third-order valence-electron chi connectivity index (χ3n) is 3.34. The second-order valence-corrected chi connectivity index (χ2v) is 5.04. The predicted molar refractivity (Wildman–Crippen MR) is 75.8 cm³/mol. The van der Waals surface area contributed by atoms with Crippen molar-refractivity contribution in [1.82, 2.24) is 0 Å². The first-order valence-corrected chi connectivity index (χ1v) is 6.82. The van der Waals surface area contributed by atoms with E-state index in [-0.39, 0.29) is 11.8 Å². The fourth-order valence-electron chi connectivity index (χ4n) is 2.02. The summed E-state index contributed by atoms with van der Waals surface area (Å²) in [6, 6.07) is 0. The van der Waals surface area contributed by atoms with Crippen LogP contribution >= 0.6 is 0 Å². The minimum atomic E-state index is -0.998. The van der Waals surface area contributed by atoms with E-state index in [1.165, 1.54) is 6.08 Å². The minimum Gasteiger partial charge on any atom is -0.478 e. The van der Waals surface area contributed by atoms with Gasteiger partial charge in [0, 0.05) is 12.0 Å². The Morgan fingerprint density at radius 2 is 1.84 bits per heavy atom. The normalized spacial score (nSPS) is 18.6. The summed E-state index contributed by atoms with van der Waals surface area (Å²) in [6.45, 7) is 5.90. The molecule has 0 aliphatic rings. The van der Waals surface area contributed by atoms with Gasteiger partial charge in [-0.05, 0) is 18.8 Å². The second-order valence-electron chi connectivity index (χ2n) is 5.04. The Hall–Kier alpha value is -1.13. The zero-order chi connectivity index (χ0) is 14.8. The fraction of sp³-hybridized carbons (Fsp3) is 0.667. The largest absolute Gasteiger partial charge is 0.478 e. The number of aliphatic hydroxyl groups is 2. The lowest BCUT2D eigenvalue weighted by Gasteiger charge is -2.27. The van der Waals surface area contributed by atoms with E-state index in [0.29, 0.717) is 6.42 Å². The molecule has 4 nitrogen and oxygen atoms in total. The summed E-state index contributed by atoms with van der Waals surface area (Å²) < 4.78 is 0. The first-order valence-electron chi connectivity index (χ1n) is 6.82. The molecule has 0 aromatic rings. The van der Waals surface area contributed by atoms with E-state index in [1.54, 1.807) is 12.2 Å². The molecule has 0 rings (SSSR count). The first kappa shape index (κ1) is 17.9. The third kappa shape index (κ3) is 7.80. The second kappa shape index (κ2) is 9.75. The molecule has 0 saturated carbocycles. The van der Waals surface area contributed by atoms with Crippen molar-refractivity contribution in [3.8, 4) is 0 Å². The predicted octanol–water partition coefficient (Wildman–Crippen LogP) is 2.37. The maximum Gasteiger partial charge on any atom is 0.328 e. The van der Waals surface area contributed by atoms with E-state index in [9.17, 15) is 15.0 Å². The zero-order valence-corrected chi connectivity index (χ0v) is 12.0. The molecule has 4 unspecified atom stereocenters. The van der Waals surface area contributed by atoms with Crippen LogP contribution in [0.2, 0.25) is 0 Å². The third-order valence-corrected chi connectivity index (χ3v) is 3.34. The Balaban J connectivity index is 4.18. The van der Waals surface area contributed by atoms with Gasteiger partial charge in [0.15, 0.2) is 0 Å². The van der Waals surface area contributed by atoms with Crippen LogP contribution in [-0.4, -0.2) is 33.5 Å². The van der Waals surface area contributed by atoms with Crippen LogP contribution < -0.4 is 0 Å². The van der Waals surface area contributed by atoms with Gasteiger partial charge < -0.3 is 15.3 Å². The van der Waals surface area contributed by atoms with Gasteiger partial charge in [-0.25, -0.2) is 4.79 Å². The molecule has 0 spiro atoms. The number of hydrogen-bond acceptors (Lipinski definition) is 3. The maximum atomic E-state index is 10.2.